The lowest BCUT2D eigenvalue weighted by atomic mass is 9.96. The van der Waals surface area contributed by atoms with Gasteiger partial charge in [0.05, 0.1) is 18.1 Å². The molecule has 0 aliphatic carbocycles. The standard InChI is InChI=1S/C22H28N2O5S/c1-16(25)14-19-7-3-4-13-24(19)22(26)17-6-5-8-21(15-17)30(27,28)23-18-9-11-20(29-2)12-10-18/h5-6,8-12,15-16,19,23,25H,3-4,7,13-14H2,1-2H3/t16-,19-/m0/s1. The predicted molar refractivity (Wildman–Crippen MR) is 115 cm³/mol. The Balaban J connectivity index is 1.80. The monoisotopic (exact) mass is 432 g/mol. The number of nitrogens with one attached hydrogen (secondary N) is 1. The number of benzene rings is 2. The summed E-state index contributed by atoms with van der Waals surface area (Å²) in [6.45, 7) is 2.33. The molecule has 0 unspecified atom stereocenters. The number of nitrogens with zero attached hydrogens (tertiary/aromatic N) is 1. The number of aliphatic hydroxyl groups is 1. The second-order valence-corrected chi connectivity index (χ2v) is 9.28. The van der Waals surface area contributed by atoms with E-state index in [-0.39, 0.29) is 16.8 Å². The zero-order chi connectivity index (χ0) is 21.7. The first-order valence-electron chi connectivity index (χ1n) is 10.1. The van der Waals surface area contributed by atoms with Crippen LogP contribution in [0.15, 0.2) is 53.4 Å². The van der Waals surface area contributed by atoms with Crippen LogP contribution in [0.1, 0.15) is 43.0 Å². The number of methoxy groups -OCH3 is 1. The molecule has 3 rings (SSSR count). The number of carbonyl (C=O) groups excluding carboxylic acids is 1. The first-order valence-corrected chi connectivity index (χ1v) is 11.5. The Bertz CT molecular complexity index is 973. The molecule has 0 bridgehead atoms. The van der Waals surface area contributed by atoms with E-state index >= 15 is 0 Å². The minimum absolute atomic E-state index is 0.0215. The summed E-state index contributed by atoms with van der Waals surface area (Å²) < 4.78 is 33.2. The summed E-state index contributed by atoms with van der Waals surface area (Å²) in [7, 11) is -2.32. The fourth-order valence-corrected chi connectivity index (χ4v) is 4.85. The molecule has 2 aromatic rings. The summed E-state index contributed by atoms with van der Waals surface area (Å²) in [6, 6.07) is 12.6. The van der Waals surface area contributed by atoms with Crippen LogP contribution >= 0.6 is 0 Å². The van der Waals surface area contributed by atoms with Gasteiger partial charge in [-0.25, -0.2) is 8.42 Å². The molecule has 1 saturated heterocycles. The lowest BCUT2D eigenvalue weighted by molar-refractivity contribution is 0.0514. The van der Waals surface area contributed by atoms with Crippen LogP contribution in [-0.2, 0) is 10.0 Å². The summed E-state index contributed by atoms with van der Waals surface area (Å²) in [5.41, 5.74) is 0.727. The molecule has 2 aromatic carbocycles. The molecule has 0 aromatic heterocycles. The number of likely N-dealkylation sites (tertiary alicyclic amines) is 1. The Morgan fingerprint density at radius 1 is 1.23 bits per heavy atom. The molecule has 8 heteroatoms. The molecule has 2 atom stereocenters. The normalized spacial score (nSPS) is 18.0. The fraction of sp³-hybridized carbons (Fsp3) is 0.409. The number of aliphatic hydroxyl groups excluding tert-OH is 1. The van der Waals surface area contributed by atoms with Gasteiger partial charge in [0.1, 0.15) is 5.75 Å². The van der Waals surface area contributed by atoms with Gasteiger partial charge in [-0.3, -0.25) is 9.52 Å². The summed E-state index contributed by atoms with van der Waals surface area (Å²) in [6.07, 6.45) is 2.78. The maximum atomic E-state index is 13.1. The van der Waals surface area contributed by atoms with E-state index in [2.05, 4.69) is 4.72 Å². The third kappa shape index (κ3) is 5.31. The maximum absolute atomic E-state index is 13.1. The van der Waals surface area contributed by atoms with Gasteiger partial charge in [0.2, 0.25) is 0 Å². The van der Waals surface area contributed by atoms with Gasteiger partial charge in [0.25, 0.3) is 15.9 Å². The number of amides is 1. The molecule has 7 nitrogen and oxygen atoms in total. The van der Waals surface area contributed by atoms with Crippen molar-refractivity contribution in [3.8, 4) is 5.75 Å². The van der Waals surface area contributed by atoms with E-state index in [9.17, 15) is 18.3 Å². The highest BCUT2D eigenvalue weighted by molar-refractivity contribution is 7.92. The smallest absolute Gasteiger partial charge is 0.261 e. The average molecular weight is 433 g/mol. The highest BCUT2D eigenvalue weighted by atomic mass is 32.2. The second-order valence-electron chi connectivity index (χ2n) is 7.59. The minimum Gasteiger partial charge on any atom is -0.497 e. The van der Waals surface area contributed by atoms with Crippen LogP contribution < -0.4 is 9.46 Å². The van der Waals surface area contributed by atoms with Crippen molar-refractivity contribution in [2.24, 2.45) is 0 Å². The van der Waals surface area contributed by atoms with Gasteiger partial charge in [-0.1, -0.05) is 6.07 Å². The van der Waals surface area contributed by atoms with Crippen molar-refractivity contribution in [1.82, 2.24) is 4.90 Å². The van der Waals surface area contributed by atoms with Gasteiger partial charge in [-0.05, 0) is 75.1 Å². The summed E-state index contributed by atoms with van der Waals surface area (Å²) in [5, 5.41) is 9.77. The molecule has 0 radical (unpaired) electrons. The highest BCUT2D eigenvalue weighted by Gasteiger charge is 2.29. The van der Waals surface area contributed by atoms with Crippen LogP contribution in [-0.4, -0.2) is 50.1 Å². The summed E-state index contributed by atoms with van der Waals surface area (Å²) in [5.74, 6) is 0.417. The van der Waals surface area contributed by atoms with Crippen molar-refractivity contribution < 1.29 is 23.1 Å². The van der Waals surface area contributed by atoms with Crippen molar-refractivity contribution in [3.05, 3.63) is 54.1 Å². The number of hydrogen-bond donors (Lipinski definition) is 2. The number of sulfonamides is 1. The van der Waals surface area contributed by atoms with Gasteiger partial charge in [-0.15, -0.1) is 0 Å². The minimum atomic E-state index is -3.85. The van der Waals surface area contributed by atoms with E-state index in [0.29, 0.717) is 30.0 Å². The van der Waals surface area contributed by atoms with Crippen molar-refractivity contribution in [2.75, 3.05) is 18.4 Å². The van der Waals surface area contributed by atoms with Gasteiger partial charge < -0.3 is 14.7 Å². The Kier molecular flexibility index (Phi) is 6.99. The zero-order valence-corrected chi connectivity index (χ0v) is 18.1. The summed E-state index contributed by atoms with van der Waals surface area (Å²) in [4.78, 5) is 14.9. The zero-order valence-electron chi connectivity index (χ0n) is 17.2. The van der Waals surface area contributed by atoms with E-state index in [0.717, 1.165) is 19.3 Å². The summed E-state index contributed by atoms with van der Waals surface area (Å²) >= 11 is 0. The molecule has 162 valence electrons. The van der Waals surface area contributed by atoms with E-state index in [1.54, 1.807) is 48.2 Å². The first kappa shape index (κ1) is 22.1. The average Bonchev–Trinajstić information content (AvgIpc) is 2.73. The number of hydrogen-bond acceptors (Lipinski definition) is 5. The largest absolute Gasteiger partial charge is 0.497 e. The van der Waals surface area contributed by atoms with Crippen molar-refractivity contribution >= 4 is 21.6 Å². The number of piperidine rings is 1. The van der Waals surface area contributed by atoms with Gasteiger partial charge in [0, 0.05) is 23.8 Å². The quantitative estimate of drug-likeness (QED) is 0.700. The molecule has 1 heterocycles. The SMILES string of the molecule is COc1ccc(NS(=O)(=O)c2cccc(C(=O)N3CCCC[C@H]3C[C@H](C)O)c2)cc1. The Morgan fingerprint density at radius 2 is 1.97 bits per heavy atom. The van der Waals surface area contributed by atoms with E-state index in [1.807, 2.05) is 0 Å². The van der Waals surface area contributed by atoms with Gasteiger partial charge in [-0.2, -0.15) is 0 Å². The van der Waals surface area contributed by atoms with Crippen LogP contribution in [0.25, 0.3) is 0 Å². The molecule has 30 heavy (non-hydrogen) atoms. The molecule has 1 aliphatic rings. The molecule has 0 saturated carbocycles. The van der Waals surface area contributed by atoms with Crippen LogP contribution in [0.3, 0.4) is 0 Å². The van der Waals surface area contributed by atoms with Crippen LogP contribution in [0.2, 0.25) is 0 Å². The number of rotatable bonds is 7. The first-order chi connectivity index (χ1) is 14.3. The Labute approximate surface area is 177 Å². The van der Waals surface area contributed by atoms with E-state index in [4.69, 9.17) is 4.74 Å². The molecular formula is C22H28N2O5S. The maximum Gasteiger partial charge on any atom is 0.261 e. The molecule has 1 amide bonds. The number of carbonyl (C=O) groups is 1. The molecule has 1 aliphatic heterocycles. The van der Waals surface area contributed by atoms with Crippen molar-refractivity contribution in [2.45, 2.75) is 49.6 Å². The van der Waals surface area contributed by atoms with Crippen molar-refractivity contribution in [3.63, 3.8) is 0 Å². The molecular weight excluding hydrogens is 404 g/mol. The lowest BCUT2D eigenvalue weighted by Crippen LogP contribution is -2.45. The topological polar surface area (TPSA) is 95.9 Å². The second kappa shape index (κ2) is 9.49. The van der Waals surface area contributed by atoms with E-state index in [1.165, 1.54) is 19.2 Å². The van der Waals surface area contributed by atoms with Crippen LogP contribution in [0.5, 0.6) is 5.75 Å². The third-order valence-corrected chi connectivity index (χ3v) is 6.61. The Hall–Kier alpha value is -2.58. The Morgan fingerprint density at radius 3 is 2.63 bits per heavy atom. The van der Waals surface area contributed by atoms with Gasteiger partial charge >= 0.3 is 0 Å². The lowest BCUT2D eigenvalue weighted by Gasteiger charge is -2.36. The number of ether oxygens (including phenoxy) is 1. The van der Waals surface area contributed by atoms with Crippen LogP contribution in [0, 0.1) is 0 Å². The van der Waals surface area contributed by atoms with Crippen LogP contribution in [0.4, 0.5) is 5.69 Å². The number of anilines is 1. The highest BCUT2D eigenvalue weighted by Crippen LogP contribution is 2.25. The van der Waals surface area contributed by atoms with E-state index < -0.39 is 16.1 Å². The fourth-order valence-electron chi connectivity index (χ4n) is 3.74. The van der Waals surface area contributed by atoms with Gasteiger partial charge in [0.15, 0.2) is 0 Å². The van der Waals surface area contributed by atoms with Crippen molar-refractivity contribution in [1.29, 1.82) is 0 Å². The predicted octanol–water partition coefficient (Wildman–Crippen LogP) is 3.26. The molecule has 2 N–H and O–H groups in total. The molecule has 1 fully saturated rings. The molecule has 0 spiro atoms. The third-order valence-electron chi connectivity index (χ3n) is 5.23.